The lowest BCUT2D eigenvalue weighted by Crippen LogP contribution is -2.20. The van der Waals surface area contributed by atoms with E-state index in [2.05, 4.69) is 15.0 Å². The number of nitrogens with one attached hydrogen (secondary N) is 1. The van der Waals surface area contributed by atoms with Crippen molar-refractivity contribution in [3.8, 4) is 17.2 Å². The Bertz CT molecular complexity index is 1280. The highest BCUT2D eigenvalue weighted by Gasteiger charge is 2.32. The van der Waals surface area contributed by atoms with Crippen LogP contribution in [0, 0.1) is 12.7 Å². The van der Waals surface area contributed by atoms with Crippen molar-refractivity contribution >= 4 is 22.7 Å². The molecule has 0 aliphatic heterocycles. The van der Waals surface area contributed by atoms with Gasteiger partial charge >= 0.3 is 6.36 Å². The predicted molar refractivity (Wildman–Crippen MR) is 105 cm³/mol. The van der Waals surface area contributed by atoms with Crippen molar-refractivity contribution < 1.29 is 31.5 Å². The molecular weight excluding hydrogens is 416 g/mol. The third kappa shape index (κ3) is 4.50. The van der Waals surface area contributed by atoms with E-state index in [0.29, 0.717) is 11.1 Å². The van der Waals surface area contributed by atoms with E-state index in [9.17, 15) is 22.4 Å². The number of halogens is 4. The molecule has 31 heavy (non-hydrogen) atoms. The number of rotatable bonds is 4. The summed E-state index contributed by atoms with van der Waals surface area (Å²) in [5, 5.41) is 2.44. The zero-order valence-electron chi connectivity index (χ0n) is 16.0. The van der Waals surface area contributed by atoms with Crippen molar-refractivity contribution in [2.24, 2.45) is 0 Å². The maximum absolute atomic E-state index is 14.4. The topological polar surface area (TPSA) is 64.4 Å². The van der Waals surface area contributed by atoms with E-state index in [0.717, 1.165) is 17.7 Å². The fourth-order valence-corrected chi connectivity index (χ4v) is 2.99. The van der Waals surface area contributed by atoms with E-state index in [1.165, 1.54) is 30.3 Å². The summed E-state index contributed by atoms with van der Waals surface area (Å²) in [6.07, 6.45) is -4.95. The zero-order valence-corrected chi connectivity index (χ0v) is 16.0. The van der Waals surface area contributed by atoms with Crippen LogP contribution in [0.1, 0.15) is 15.9 Å². The van der Waals surface area contributed by atoms with Gasteiger partial charge in [-0.25, -0.2) is 9.37 Å². The van der Waals surface area contributed by atoms with Gasteiger partial charge in [0.15, 0.2) is 5.58 Å². The first kappa shape index (κ1) is 20.4. The van der Waals surface area contributed by atoms with E-state index in [1.807, 2.05) is 13.0 Å². The molecule has 0 unspecified atom stereocenters. The molecule has 4 rings (SSSR count). The highest BCUT2D eigenvalue weighted by atomic mass is 19.4. The van der Waals surface area contributed by atoms with E-state index in [4.69, 9.17) is 4.42 Å². The number of aromatic nitrogens is 1. The Morgan fingerprint density at radius 1 is 1.06 bits per heavy atom. The van der Waals surface area contributed by atoms with Crippen LogP contribution in [0.4, 0.5) is 23.2 Å². The van der Waals surface area contributed by atoms with Gasteiger partial charge in [-0.1, -0.05) is 18.2 Å². The first-order valence-electron chi connectivity index (χ1n) is 9.03. The molecule has 1 heterocycles. The Kier molecular flexibility index (Phi) is 5.10. The number of hydrogen-bond acceptors (Lipinski definition) is 4. The number of hydrogen-bond donors (Lipinski definition) is 1. The molecule has 0 saturated heterocycles. The fourth-order valence-electron chi connectivity index (χ4n) is 2.99. The first-order valence-corrected chi connectivity index (χ1v) is 9.03. The maximum atomic E-state index is 14.4. The van der Waals surface area contributed by atoms with Crippen molar-refractivity contribution in [1.29, 1.82) is 0 Å². The van der Waals surface area contributed by atoms with Gasteiger partial charge in [-0.3, -0.25) is 4.79 Å². The molecule has 1 aromatic heterocycles. The van der Waals surface area contributed by atoms with Gasteiger partial charge in [0.25, 0.3) is 5.91 Å². The van der Waals surface area contributed by atoms with E-state index in [-0.39, 0.29) is 22.7 Å². The first-order chi connectivity index (χ1) is 14.7. The molecule has 4 aromatic rings. The molecule has 1 amide bonds. The molecule has 0 radical (unpaired) electrons. The number of fused-ring (bicyclic) bond motifs is 1. The average Bonchev–Trinajstić information content (AvgIpc) is 3.11. The van der Waals surface area contributed by atoms with Crippen LogP contribution in [0.15, 0.2) is 65.1 Å². The van der Waals surface area contributed by atoms with Crippen LogP contribution in [0.25, 0.3) is 22.6 Å². The van der Waals surface area contributed by atoms with Gasteiger partial charge in [0.1, 0.15) is 17.1 Å². The normalized spacial score (nSPS) is 11.5. The Balaban J connectivity index is 1.64. The molecule has 0 aliphatic carbocycles. The van der Waals surface area contributed by atoms with Crippen LogP contribution in [-0.4, -0.2) is 17.3 Å². The summed E-state index contributed by atoms with van der Waals surface area (Å²) in [6.45, 7) is 1.88. The summed E-state index contributed by atoms with van der Waals surface area (Å²) in [6, 6.07) is 13.9. The molecule has 9 heteroatoms. The second-order valence-corrected chi connectivity index (χ2v) is 6.68. The highest BCUT2D eigenvalue weighted by molar-refractivity contribution is 6.06. The minimum absolute atomic E-state index is 0.00789. The number of carbonyl (C=O) groups is 1. The Morgan fingerprint density at radius 3 is 2.61 bits per heavy atom. The van der Waals surface area contributed by atoms with Crippen LogP contribution in [0.3, 0.4) is 0 Å². The lowest BCUT2D eigenvalue weighted by Gasteiger charge is -2.13. The lowest BCUT2D eigenvalue weighted by molar-refractivity contribution is -0.274. The van der Waals surface area contributed by atoms with Gasteiger partial charge in [-0.15, -0.1) is 13.2 Å². The van der Waals surface area contributed by atoms with Crippen LogP contribution < -0.4 is 10.1 Å². The quantitative estimate of drug-likeness (QED) is 0.398. The molecule has 0 saturated carbocycles. The van der Waals surface area contributed by atoms with Crippen molar-refractivity contribution in [3.05, 3.63) is 77.6 Å². The summed E-state index contributed by atoms with van der Waals surface area (Å²) in [5.41, 5.74) is 1.76. The van der Waals surface area contributed by atoms with Crippen LogP contribution in [0.5, 0.6) is 5.75 Å². The maximum Gasteiger partial charge on any atom is 0.573 e. The zero-order chi connectivity index (χ0) is 22.2. The average molecular weight is 430 g/mol. The SMILES string of the molecule is Cc1ccc2oc(-c3cc(NC(=O)c4ccccc4OC(F)(F)F)ccc3F)nc2c1. The molecule has 0 fully saturated rings. The van der Waals surface area contributed by atoms with E-state index in [1.54, 1.807) is 12.1 Å². The lowest BCUT2D eigenvalue weighted by atomic mass is 10.1. The molecular formula is C22H14F4N2O3. The van der Waals surface area contributed by atoms with Gasteiger partial charge in [-0.2, -0.15) is 0 Å². The number of para-hydroxylation sites is 1. The van der Waals surface area contributed by atoms with Crippen molar-refractivity contribution in [1.82, 2.24) is 4.98 Å². The van der Waals surface area contributed by atoms with Crippen molar-refractivity contribution in [2.45, 2.75) is 13.3 Å². The standard InChI is InChI=1S/C22H14F4N2O3/c1-12-6-9-19-17(10-12)28-21(30-19)15-11-13(7-8-16(15)23)27-20(29)14-4-2-3-5-18(14)31-22(24,25)26/h2-11H,1H3,(H,27,29). The largest absolute Gasteiger partial charge is 0.573 e. The molecule has 3 aromatic carbocycles. The van der Waals surface area contributed by atoms with Gasteiger partial charge in [-0.05, 0) is 55.0 Å². The number of anilines is 1. The minimum atomic E-state index is -4.95. The van der Waals surface area contributed by atoms with Gasteiger partial charge < -0.3 is 14.5 Å². The number of alkyl halides is 3. The van der Waals surface area contributed by atoms with Crippen molar-refractivity contribution in [2.75, 3.05) is 5.32 Å². The minimum Gasteiger partial charge on any atom is -0.436 e. The molecule has 5 nitrogen and oxygen atoms in total. The summed E-state index contributed by atoms with van der Waals surface area (Å²) in [7, 11) is 0. The number of ether oxygens (including phenoxy) is 1. The van der Waals surface area contributed by atoms with Crippen LogP contribution in [0.2, 0.25) is 0 Å². The smallest absolute Gasteiger partial charge is 0.436 e. The van der Waals surface area contributed by atoms with Gasteiger partial charge in [0.05, 0.1) is 11.1 Å². The third-order valence-electron chi connectivity index (χ3n) is 4.36. The molecule has 0 spiro atoms. The fraction of sp³-hybridized carbons (Fsp3) is 0.0909. The molecule has 158 valence electrons. The van der Waals surface area contributed by atoms with E-state index < -0.39 is 23.8 Å². The Morgan fingerprint density at radius 2 is 1.84 bits per heavy atom. The number of benzene rings is 3. The summed E-state index contributed by atoms with van der Waals surface area (Å²) >= 11 is 0. The Hall–Kier alpha value is -3.88. The second kappa shape index (κ2) is 7.75. The predicted octanol–water partition coefficient (Wildman–Crippen LogP) is 6.09. The molecule has 0 aliphatic rings. The summed E-state index contributed by atoms with van der Waals surface area (Å²) in [5.74, 6) is -2.13. The number of aryl methyl sites for hydroxylation is 1. The molecule has 0 bridgehead atoms. The third-order valence-corrected chi connectivity index (χ3v) is 4.36. The number of nitrogens with zero attached hydrogens (tertiary/aromatic N) is 1. The summed E-state index contributed by atoms with van der Waals surface area (Å²) in [4.78, 5) is 16.8. The van der Waals surface area contributed by atoms with Gasteiger partial charge in [0.2, 0.25) is 5.89 Å². The number of carbonyl (C=O) groups excluding carboxylic acids is 1. The van der Waals surface area contributed by atoms with E-state index >= 15 is 0 Å². The molecule has 1 N–H and O–H groups in total. The van der Waals surface area contributed by atoms with Crippen LogP contribution >= 0.6 is 0 Å². The van der Waals surface area contributed by atoms with Gasteiger partial charge in [0, 0.05) is 5.69 Å². The second-order valence-electron chi connectivity index (χ2n) is 6.68. The number of amides is 1. The van der Waals surface area contributed by atoms with Crippen molar-refractivity contribution in [3.63, 3.8) is 0 Å². The molecule has 0 atom stereocenters. The summed E-state index contributed by atoms with van der Waals surface area (Å²) < 4.78 is 61.7. The van der Waals surface area contributed by atoms with Crippen LogP contribution in [-0.2, 0) is 0 Å². The monoisotopic (exact) mass is 430 g/mol. The highest BCUT2D eigenvalue weighted by Crippen LogP contribution is 2.30. The number of oxazole rings is 1. The Labute approximate surface area is 173 Å².